The Kier molecular flexibility index (Phi) is 7.02. The summed E-state index contributed by atoms with van der Waals surface area (Å²) in [6.45, 7) is 6.35. The van der Waals surface area contributed by atoms with Crippen LogP contribution >= 0.6 is 0 Å². The van der Waals surface area contributed by atoms with Crippen LogP contribution in [0.3, 0.4) is 0 Å². The van der Waals surface area contributed by atoms with Gasteiger partial charge in [-0.25, -0.2) is 12.7 Å². The Hall–Kier alpha value is -3.40. The first-order chi connectivity index (χ1) is 15.8. The second-order valence-electron chi connectivity index (χ2n) is 9.10. The summed E-state index contributed by atoms with van der Waals surface area (Å²) in [7, 11) is -2.62. The van der Waals surface area contributed by atoms with Crippen LogP contribution in [0.5, 0.6) is 5.75 Å². The Morgan fingerprint density at radius 3 is 2.26 bits per heavy atom. The van der Waals surface area contributed by atoms with Gasteiger partial charge in [0, 0.05) is 12.1 Å². The number of sulfonamides is 1. The van der Waals surface area contributed by atoms with Crippen molar-refractivity contribution in [1.82, 2.24) is 14.5 Å². The number of hydrogen-bond acceptors (Lipinski definition) is 6. The smallest absolute Gasteiger partial charge is 0.269 e. The fourth-order valence-corrected chi connectivity index (χ4v) is 5.10. The highest BCUT2D eigenvalue weighted by Gasteiger charge is 2.43. The fourth-order valence-electron chi connectivity index (χ4n) is 3.59. The van der Waals surface area contributed by atoms with Crippen molar-refractivity contribution in [3.05, 3.63) is 59.7 Å². The third kappa shape index (κ3) is 5.22. The van der Waals surface area contributed by atoms with E-state index < -0.39 is 45.9 Å². The van der Waals surface area contributed by atoms with Crippen molar-refractivity contribution in [2.75, 3.05) is 13.7 Å². The number of carbonyl (C=O) groups is 3. The molecule has 0 radical (unpaired) electrons. The maximum Gasteiger partial charge on any atom is 0.269 e. The van der Waals surface area contributed by atoms with Crippen molar-refractivity contribution >= 4 is 27.7 Å². The second-order valence-corrected chi connectivity index (χ2v) is 10.9. The van der Waals surface area contributed by atoms with Gasteiger partial charge in [-0.2, -0.15) is 0 Å². The first-order valence-electron chi connectivity index (χ1n) is 10.8. The van der Waals surface area contributed by atoms with Gasteiger partial charge in [0.25, 0.3) is 15.9 Å². The minimum absolute atomic E-state index is 0.0236. The summed E-state index contributed by atoms with van der Waals surface area (Å²) >= 11 is 0. The minimum atomic E-state index is -4.16. The van der Waals surface area contributed by atoms with Gasteiger partial charge in [-0.1, -0.05) is 24.3 Å². The molecule has 3 rings (SSSR count). The van der Waals surface area contributed by atoms with Crippen molar-refractivity contribution in [3.8, 4) is 5.75 Å². The molecule has 182 valence electrons. The van der Waals surface area contributed by atoms with E-state index in [0.29, 0.717) is 15.6 Å². The number of ether oxygens (including phenoxy) is 1. The Balaban J connectivity index is 1.89. The van der Waals surface area contributed by atoms with E-state index in [9.17, 15) is 22.8 Å². The summed E-state index contributed by atoms with van der Waals surface area (Å²) in [6.07, 6.45) is 0. The SMILES string of the molecule is COc1ccc(CN(C(=O)CN2C(=O)c3ccccc3S2(=O)=O)C(C)C(=O)NC(C)(C)C)cc1. The number of nitrogens with zero attached hydrogens (tertiary/aromatic N) is 2. The lowest BCUT2D eigenvalue weighted by Gasteiger charge is -2.32. The molecule has 0 spiro atoms. The minimum Gasteiger partial charge on any atom is -0.497 e. The van der Waals surface area contributed by atoms with Gasteiger partial charge >= 0.3 is 0 Å². The van der Waals surface area contributed by atoms with E-state index in [4.69, 9.17) is 4.74 Å². The van der Waals surface area contributed by atoms with Crippen LogP contribution < -0.4 is 10.1 Å². The Labute approximate surface area is 199 Å². The molecule has 0 bridgehead atoms. The summed E-state index contributed by atoms with van der Waals surface area (Å²) in [5.74, 6) is -1.20. The molecule has 1 aliphatic rings. The molecule has 1 atom stereocenters. The van der Waals surface area contributed by atoms with Crippen LogP contribution in [-0.2, 0) is 26.2 Å². The number of hydrogen-bond donors (Lipinski definition) is 1. The van der Waals surface area contributed by atoms with Gasteiger partial charge in [0.2, 0.25) is 11.8 Å². The van der Waals surface area contributed by atoms with E-state index in [2.05, 4.69) is 5.32 Å². The largest absolute Gasteiger partial charge is 0.497 e. The third-order valence-electron chi connectivity index (χ3n) is 5.37. The molecule has 3 amide bonds. The van der Waals surface area contributed by atoms with Crippen LogP contribution in [0.25, 0.3) is 0 Å². The molecule has 1 N–H and O–H groups in total. The first-order valence-corrected chi connectivity index (χ1v) is 12.2. The summed E-state index contributed by atoms with van der Waals surface area (Å²) in [6, 6.07) is 11.9. The molecule has 0 aliphatic carbocycles. The molecule has 1 heterocycles. The lowest BCUT2D eigenvalue weighted by Crippen LogP contribution is -2.54. The molecule has 0 aromatic heterocycles. The molecule has 2 aromatic carbocycles. The van der Waals surface area contributed by atoms with E-state index in [-0.39, 0.29) is 17.0 Å². The molecule has 0 fully saturated rings. The highest BCUT2D eigenvalue weighted by molar-refractivity contribution is 7.90. The fraction of sp³-hybridized carbons (Fsp3) is 0.375. The quantitative estimate of drug-likeness (QED) is 0.641. The van der Waals surface area contributed by atoms with Gasteiger partial charge in [0.1, 0.15) is 23.2 Å². The van der Waals surface area contributed by atoms with Crippen LogP contribution in [0.4, 0.5) is 0 Å². The monoisotopic (exact) mass is 487 g/mol. The molecule has 0 saturated heterocycles. The summed E-state index contributed by atoms with van der Waals surface area (Å²) in [5.41, 5.74) is 0.203. The molecule has 10 heteroatoms. The maximum absolute atomic E-state index is 13.4. The van der Waals surface area contributed by atoms with Crippen LogP contribution in [0, 0.1) is 0 Å². The van der Waals surface area contributed by atoms with Crippen molar-refractivity contribution in [2.24, 2.45) is 0 Å². The second kappa shape index (κ2) is 9.46. The molecule has 1 aliphatic heterocycles. The van der Waals surface area contributed by atoms with Crippen molar-refractivity contribution in [3.63, 3.8) is 0 Å². The molecule has 34 heavy (non-hydrogen) atoms. The van der Waals surface area contributed by atoms with Crippen LogP contribution in [0.1, 0.15) is 43.6 Å². The summed E-state index contributed by atoms with van der Waals surface area (Å²) < 4.78 is 31.6. The standard InChI is InChI=1S/C24H29N3O6S/c1-16(22(29)25-24(2,3)4)26(14-17-10-12-18(33-5)13-11-17)21(28)15-27-23(30)19-8-6-7-9-20(19)34(27,31)32/h6-13,16H,14-15H2,1-5H3,(H,25,29). The zero-order chi connectivity index (χ0) is 25.3. The average molecular weight is 488 g/mol. The Morgan fingerprint density at radius 1 is 1.09 bits per heavy atom. The van der Waals surface area contributed by atoms with Crippen LogP contribution in [0.15, 0.2) is 53.4 Å². The predicted molar refractivity (Wildman–Crippen MR) is 126 cm³/mol. The van der Waals surface area contributed by atoms with E-state index in [1.807, 2.05) is 20.8 Å². The number of nitrogens with one attached hydrogen (secondary N) is 1. The number of amides is 3. The number of carbonyl (C=O) groups excluding carboxylic acids is 3. The number of methoxy groups -OCH3 is 1. The van der Waals surface area contributed by atoms with E-state index in [1.165, 1.54) is 30.2 Å². The molecule has 0 saturated carbocycles. The van der Waals surface area contributed by atoms with Gasteiger partial charge in [-0.15, -0.1) is 0 Å². The summed E-state index contributed by atoms with van der Waals surface area (Å²) in [5, 5.41) is 2.84. The lowest BCUT2D eigenvalue weighted by molar-refractivity contribution is -0.141. The van der Waals surface area contributed by atoms with Crippen LogP contribution in [0.2, 0.25) is 0 Å². The van der Waals surface area contributed by atoms with Crippen molar-refractivity contribution in [2.45, 2.75) is 50.7 Å². The third-order valence-corrected chi connectivity index (χ3v) is 7.16. The Bertz CT molecular complexity index is 1200. The van der Waals surface area contributed by atoms with Crippen molar-refractivity contribution in [1.29, 1.82) is 0 Å². The first kappa shape index (κ1) is 25.2. The zero-order valence-corrected chi connectivity index (χ0v) is 20.7. The van der Waals surface area contributed by atoms with E-state index >= 15 is 0 Å². The van der Waals surface area contributed by atoms with Gasteiger partial charge in [0.15, 0.2) is 0 Å². The highest BCUT2D eigenvalue weighted by atomic mass is 32.2. The Morgan fingerprint density at radius 2 is 1.71 bits per heavy atom. The van der Waals surface area contributed by atoms with Gasteiger partial charge in [0.05, 0.1) is 12.7 Å². The maximum atomic E-state index is 13.4. The molecular weight excluding hydrogens is 458 g/mol. The average Bonchev–Trinajstić information content (AvgIpc) is 2.97. The normalized spacial score (nSPS) is 15.4. The molecule has 1 unspecified atom stereocenters. The van der Waals surface area contributed by atoms with Gasteiger partial charge < -0.3 is 15.0 Å². The van der Waals surface area contributed by atoms with E-state index in [1.54, 1.807) is 37.3 Å². The highest BCUT2D eigenvalue weighted by Crippen LogP contribution is 2.30. The zero-order valence-electron chi connectivity index (χ0n) is 19.9. The number of benzene rings is 2. The number of fused-ring (bicyclic) bond motifs is 1. The molecular formula is C24H29N3O6S. The number of rotatable bonds is 7. The van der Waals surface area contributed by atoms with Gasteiger partial charge in [-0.05, 0) is 57.5 Å². The van der Waals surface area contributed by atoms with Crippen molar-refractivity contribution < 1.29 is 27.5 Å². The van der Waals surface area contributed by atoms with Gasteiger partial charge in [-0.3, -0.25) is 14.4 Å². The van der Waals surface area contributed by atoms with E-state index in [0.717, 1.165) is 0 Å². The molecule has 2 aromatic rings. The topological polar surface area (TPSA) is 113 Å². The summed E-state index contributed by atoms with van der Waals surface area (Å²) in [4.78, 5) is 40.2. The molecule has 9 nitrogen and oxygen atoms in total. The predicted octanol–water partition coefficient (Wildman–Crippen LogP) is 2.17. The lowest BCUT2D eigenvalue weighted by atomic mass is 10.1. The van der Waals surface area contributed by atoms with Crippen LogP contribution in [-0.4, -0.2) is 60.6 Å².